The second-order valence-corrected chi connectivity index (χ2v) is 8.62. The number of sulfonamides is 1. The van der Waals surface area contributed by atoms with Crippen LogP contribution in [0.3, 0.4) is 0 Å². The summed E-state index contributed by atoms with van der Waals surface area (Å²) in [6, 6.07) is 14.3. The predicted molar refractivity (Wildman–Crippen MR) is 110 cm³/mol. The Morgan fingerprint density at radius 2 is 1.82 bits per heavy atom. The van der Waals surface area contributed by atoms with Crippen molar-refractivity contribution < 1.29 is 13.2 Å². The van der Waals surface area contributed by atoms with Crippen LogP contribution in [0.1, 0.15) is 16.8 Å². The summed E-state index contributed by atoms with van der Waals surface area (Å²) in [5.74, 6) is -0.521. The Bertz CT molecular complexity index is 1130. The van der Waals surface area contributed by atoms with Crippen LogP contribution in [0.4, 0.5) is 0 Å². The van der Waals surface area contributed by atoms with Crippen molar-refractivity contribution in [3.05, 3.63) is 65.4 Å². The molecule has 2 aromatic carbocycles. The number of hydrazone groups is 1. The summed E-state index contributed by atoms with van der Waals surface area (Å²) >= 11 is 0. The van der Waals surface area contributed by atoms with Crippen molar-refractivity contribution in [1.29, 1.82) is 0 Å². The molecule has 0 aliphatic carbocycles. The zero-order valence-corrected chi connectivity index (χ0v) is 16.7. The molecule has 3 rings (SSSR count). The maximum Gasteiger partial charge on any atom is 0.255 e. The number of hydrogen-bond acceptors (Lipinski definition) is 4. The smallest absolute Gasteiger partial charge is 0.255 e. The Kier molecular flexibility index (Phi) is 5.62. The molecule has 0 aliphatic heterocycles. The van der Waals surface area contributed by atoms with E-state index in [4.69, 9.17) is 0 Å². The van der Waals surface area contributed by atoms with E-state index in [1.807, 2.05) is 38.1 Å². The number of fused-ring (bicyclic) bond motifs is 1. The quantitative estimate of drug-likeness (QED) is 0.493. The van der Waals surface area contributed by atoms with Crippen LogP contribution >= 0.6 is 0 Å². The lowest BCUT2D eigenvalue weighted by molar-refractivity contribution is -0.121. The third-order valence-electron chi connectivity index (χ3n) is 4.42. The maximum absolute atomic E-state index is 12.5. The van der Waals surface area contributed by atoms with Crippen LogP contribution < -0.4 is 5.43 Å². The van der Waals surface area contributed by atoms with Crippen molar-refractivity contribution in [1.82, 2.24) is 14.7 Å². The number of nitrogens with zero attached hydrogens (tertiary/aromatic N) is 2. The number of nitrogens with one attached hydrogen (secondary N) is 2. The van der Waals surface area contributed by atoms with E-state index in [2.05, 4.69) is 15.5 Å². The van der Waals surface area contributed by atoms with Gasteiger partial charge in [0.25, 0.3) is 5.91 Å². The van der Waals surface area contributed by atoms with Crippen molar-refractivity contribution in [2.75, 3.05) is 13.6 Å². The molecule has 1 heterocycles. The standard InChI is InChI=1S/C20H22N4O3S/c1-14-8-10-16(11-9-14)28(26,27)24(3)13-20(25)23-21-12-18-15(2)22-19-7-5-4-6-17(18)19/h4-12,22H,13H2,1-3H3,(H,23,25)/b21-12+. The van der Waals surface area contributed by atoms with Gasteiger partial charge in [-0.05, 0) is 32.0 Å². The molecule has 0 aliphatic rings. The number of rotatable bonds is 6. The number of carbonyl (C=O) groups excluding carboxylic acids is 1. The van der Waals surface area contributed by atoms with Gasteiger partial charge < -0.3 is 4.98 Å². The Hall–Kier alpha value is -2.97. The number of carbonyl (C=O) groups is 1. The Morgan fingerprint density at radius 1 is 1.14 bits per heavy atom. The second kappa shape index (κ2) is 7.95. The average molecular weight is 398 g/mol. The van der Waals surface area contributed by atoms with E-state index >= 15 is 0 Å². The summed E-state index contributed by atoms with van der Waals surface area (Å²) in [7, 11) is -2.38. The summed E-state index contributed by atoms with van der Waals surface area (Å²) < 4.78 is 26.1. The van der Waals surface area contributed by atoms with Crippen LogP contribution in [0.25, 0.3) is 10.9 Å². The van der Waals surface area contributed by atoms with Gasteiger partial charge in [0.15, 0.2) is 0 Å². The molecule has 0 unspecified atom stereocenters. The number of para-hydroxylation sites is 1. The second-order valence-electron chi connectivity index (χ2n) is 6.58. The van der Waals surface area contributed by atoms with Crippen molar-refractivity contribution in [3.63, 3.8) is 0 Å². The van der Waals surface area contributed by atoms with E-state index in [9.17, 15) is 13.2 Å². The fraction of sp³-hybridized carbons (Fsp3) is 0.200. The molecule has 0 saturated carbocycles. The molecule has 7 nitrogen and oxygen atoms in total. The van der Waals surface area contributed by atoms with Crippen LogP contribution in [0.5, 0.6) is 0 Å². The number of aromatic amines is 1. The van der Waals surface area contributed by atoms with Gasteiger partial charge in [0.05, 0.1) is 17.7 Å². The highest BCUT2D eigenvalue weighted by Gasteiger charge is 2.22. The highest BCUT2D eigenvalue weighted by atomic mass is 32.2. The van der Waals surface area contributed by atoms with Gasteiger partial charge in [-0.2, -0.15) is 9.41 Å². The van der Waals surface area contributed by atoms with Gasteiger partial charge in [-0.15, -0.1) is 0 Å². The van der Waals surface area contributed by atoms with Crippen molar-refractivity contribution in [2.45, 2.75) is 18.7 Å². The minimum atomic E-state index is -3.74. The molecular weight excluding hydrogens is 376 g/mol. The zero-order valence-electron chi connectivity index (χ0n) is 15.9. The van der Waals surface area contributed by atoms with E-state index in [-0.39, 0.29) is 11.4 Å². The van der Waals surface area contributed by atoms with Gasteiger partial charge >= 0.3 is 0 Å². The molecule has 1 aromatic heterocycles. The first-order valence-corrected chi connectivity index (χ1v) is 10.2. The lowest BCUT2D eigenvalue weighted by atomic mass is 10.1. The first-order chi connectivity index (χ1) is 13.3. The fourth-order valence-electron chi connectivity index (χ4n) is 2.85. The highest BCUT2D eigenvalue weighted by molar-refractivity contribution is 7.89. The Labute approximate surface area is 164 Å². The van der Waals surface area contributed by atoms with Gasteiger partial charge in [-0.25, -0.2) is 13.8 Å². The molecule has 28 heavy (non-hydrogen) atoms. The molecule has 0 radical (unpaired) electrons. The van der Waals surface area contributed by atoms with E-state index in [0.717, 1.165) is 32.0 Å². The SMILES string of the molecule is Cc1ccc(S(=O)(=O)N(C)CC(=O)N/N=C/c2c(C)[nH]c3ccccc23)cc1. The molecule has 1 amide bonds. The third-order valence-corrected chi connectivity index (χ3v) is 6.24. The molecule has 0 saturated heterocycles. The molecule has 8 heteroatoms. The van der Waals surface area contributed by atoms with E-state index < -0.39 is 15.9 Å². The van der Waals surface area contributed by atoms with Crippen LogP contribution in [-0.4, -0.2) is 43.4 Å². The summed E-state index contributed by atoms with van der Waals surface area (Å²) in [5.41, 5.74) is 6.13. The van der Waals surface area contributed by atoms with Gasteiger partial charge in [-0.1, -0.05) is 35.9 Å². The lowest BCUT2D eigenvalue weighted by Gasteiger charge is -2.16. The first kappa shape index (κ1) is 19.8. The predicted octanol–water partition coefficient (Wildman–Crippen LogP) is 2.56. The van der Waals surface area contributed by atoms with Crippen LogP contribution in [0.15, 0.2) is 58.5 Å². The average Bonchev–Trinajstić information content (AvgIpc) is 2.97. The monoisotopic (exact) mass is 398 g/mol. The third kappa shape index (κ3) is 4.13. The van der Waals surface area contributed by atoms with Crippen LogP contribution in [0, 0.1) is 13.8 Å². The molecule has 0 bridgehead atoms. The Balaban J connectivity index is 1.66. The largest absolute Gasteiger partial charge is 0.358 e. The maximum atomic E-state index is 12.5. The minimum Gasteiger partial charge on any atom is -0.358 e. The number of aromatic nitrogens is 1. The lowest BCUT2D eigenvalue weighted by Crippen LogP contribution is -2.36. The van der Waals surface area contributed by atoms with Gasteiger partial charge in [0, 0.05) is 29.2 Å². The van der Waals surface area contributed by atoms with Crippen molar-refractivity contribution in [3.8, 4) is 0 Å². The summed E-state index contributed by atoms with van der Waals surface area (Å²) in [6.07, 6.45) is 1.56. The topological polar surface area (TPSA) is 94.6 Å². The van der Waals surface area contributed by atoms with Gasteiger partial charge in [-0.3, -0.25) is 4.79 Å². The summed E-state index contributed by atoms with van der Waals surface area (Å²) in [4.78, 5) is 15.5. The van der Waals surface area contributed by atoms with Crippen LogP contribution in [0.2, 0.25) is 0 Å². The number of amides is 1. The zero-order chi connectivity index (χ0) is 20.3. The molecular formula is C20H22N4O3S. The first-order valence-electron chi connectivity index (χ1n) is 8.71. The summed E-state index contributed by atoms with van der Waals surface area (Å²) in [5, 5.41) is 4.98. The number of H-pyrrole nitrogens is 1. The van der Waals surface area contributed by atoms with E-state index in [1.54, 1.807) is 18.3 Å². The number of hydrogen-bond donors (Lipinski definition) is 2. The number of likely N-dealkylation sites (N-methyl/N-ethyl adjacent to an activating group) is 1. The van der Waals surface area contributed by atoms with Crippen molar-refractivity contribution in [2.24, 2.45) is 5.10 Å². The fourth-order valence-corrected chi connectivity index (χ4v) is 3.97. The number of aryl methyl sites for hydroxylation is 2. The molecule has 0 spiro atoms. The van der Waals surface area contributed by atoms with Gasteiger partial charge in [0.1, 0.15) is 0 Å². The normalized spacial score (nSPS) is 12.1. The molecule has 0 atom stereocenters. The van der Waals surface area contributed by atoms with Crippen molar-refractivity contribution >= 4 is 33.0 Å². The number of benzene rings is 2. The van der Waals surface area contributed by atoms with Gasteiger partial charge in [0.2, 0.25) is 10.0 Å². The van der Waals surface area contributed by atoms with E-state index in [0.29, 0.717) is 0 Å². The molecule has 146 valence electrons. The molecule has 3 aromatic rings. The Morgan fingerprint density at radius 3 is 2.54 bits per heavy atom. The minimum absolute atomic E-state index is 0.145. The molecule has 2 N–H and O–H groups in total. The molecule has 0 fully saturated rings. The highest BCUT2D eigenvalue weighted by Crippen LogP contribution is 2.19. The van der Waals surface area contributed by atoms with E-state index in [1.165, 1.54) is 19.2 Å². The summed E-state index contributed by atoms with van der Waals surface area (Å²) in [6.45, 7) is 3.46. The van der Waals surface area contributed by atoms with Crippen LogP contribution in [-0.2, 0) is 14.8 Å².